The van der Waals surface area contributed by atoms with E-state index in [0.29, 0.717) is 33.9 Å². The molecule has 0 atom stereocenters. The lowest BCUT2D eigenvalue weighted by Crippen LogP contribution is -2.16. The van der Waals surface area contributed by atoms with E-state index in [0.717, 1.165) is 5.56 Å². The number of hydrogen-bond acceptors (Lipinski definition) is 4. The highest BCUT2D eigenvalue weighted by Gasteiger charge is 2.13. The summed E-state index contributed by atoms with van der Waals surface area (Å²) in [4.78, 5) is 21.1. The Labute approximate surface area is 161 Å². The summed E-state index contributed by atoms with van der Waals surface area (Å²) in [6.45, 7) is 2.37. The summed E-state index contributed by atoms with van der Waals surface area (Å²) in [6.07, 6.45) is 0. The molecule has 3 rings (SSSR count). The first-order valence-corrected chi connectivity index (χ1v) is 8.67. The van der Waals surface area contributed by atoms with Gasteiger partial charge in [-0.15, -0.1) is 0 Å². The Morgan fingerprint density at radius 1 is 1.04 bits per heavy atom. The van der Waals surface area contributed by atoms with Crippen molar-refractivity contribution in [1.29, 1.82) is 0 Å². The largest absolute Gasteiger partial charge is 0.350 e. The number of rotatable bonds is 5. The molecule has 0 spiro atoms. The van der Waals surface area contributed by atoms with Crippen LogP contribution in [0.5, 0.6) is 0 Å². The van der Waals surface area contributed by atoms with Gasteiger partial charge in [0.05, 0.1) is 10.7 Å². The molecule has 1 amide bonds. The third-order valence-corrected chi connectivity index (χ3v) is 4.12. The smallest absolute Gasteiger partial charge is 0.274 e. The normalized spacial score (nSPS) is 10.4. The summed E-state index contributed by atoms with van der Waals surface area (Å²) in [5.41, 5.74) is 2.44. The van der Waals surface area contributed by atoms with Crippen LogP contribution in [0.3, 0.4) is 0 Å². The van der Waals surface area contributed by atoms with Gasteiger partial charge in [-0.05, 0) is 36.8 Å². The minimum Gasteiger partial charge on any atom is -0.350 e. The van der Waals surface area contributed by atoms with Crippen LogP contribution in [0.25, 0.3) is 0 Å². The van der Waals surface area contributed by atoms with Crippen molar-refractivity contribution in [3.05, 3.63) is 81.6 Å². The predicted octanol–water partition coefficient (Wildman–Crippen LogP) is 4.96. The summed E-state index contributed by atoms with van der Waals surface area (Å²) >= 11 is 12.0. The third kappa shape index (κ3) is 4.71. The highest BCUT2D eigenvalue weighted by molar-refractivity contribution is 6.35. The first-order chi connectivity index (χ1) is 12.5. The minimum absolute atomic E-state index is 0.240. The van der Waals surface area contributed by atoms with Gasteiger partial charge < -0.3 is 10.6 Å². The van der Waals surface area contributed by atoms with E-state index in [9.17, 15) is 4.79 Å². The molecule has 0 saturated heterocycles. The number of carbonyl (C=O) groups excluding carboxylic acids is 1. The molecule has 2 aromatic carbocycles. The quantitative estimate of drug-likeness (QED) is 0.650. The van der Waals surface area contributed by atoms with Gasteiger partial charge >= 0.3 is 0 Å². The third-order valence-electron chi connectivity index (χ3n) is 3.56. The number of nitrogens with zero attached hydrogens (tertiary/aromatic N) is 2. The molecule has 3 aromatic rings. The number of benzene rings is 2. The zero-order chi connectivity index (χ0) is 18.5. The minimum atomic E-state index is -0.387. The Morgan fingerprint density at radius 2 is 1.81 bits per heavy atom. The molecular weight excluding hydrogens is 371 g/mol. The molecule has 0 radical (unpaired) electrons. The van der Waals surface area contributed by atoms with Crippen molar-refractivity contribution in [3.63, 3.8) is 0 Å². The van der Waals surface area contributed by atoms with E-state index in [4.69, 9.17) is 23.2 Å². The van der Waals surface area contributed by atoms with Gasteiger partial charge in [-0.2, -0.15) is 0 Å². The van der Waals surface area contributed by atoms with E-state index in [-0.39, 0.29) is 11.6 Å². The molecule has 0 bridgehead atoms. The second-order valence-electron chi connectivity index (χ2n) is 5.64. The molecule has 2 N–H and O–H groups in total. The maximum Gasteiger partial charge on any atom is 0.274 e. The van der Waals surface area contributed by atoms with Crippen LogP contribution in [0.2, 0.25) is 10.0 Å². The fraction of sp³-hybridized carbons (Fsp3) is 0.105. The Kier molecular flexibility index (Phi) is 5.71. The van der Waals surface area contributed by atoms with Crippen LogP contribution in [-0.2, 0) is 6.54 Å². The van der Waals surface area contributed by atoms with Gasteiger partial charge in [0.15, 0.2) is 0 Å². The Morgan fingerprint density at radius 3 is 2.58 bits per heavy atom. The molecule has 0 fully saturated rings. The van der Waals surface area contributed by atoms with Crippen molar-refractivity contribution in [3.8, 4) is 0 Å². The molecule has 0 saturated carbocycles. The lowest BCUT2D eigenvalue weighted by Gasteiger charge is -2.10. The monoisotopic (exact) mass is 386 g/mol. The lowest BCUT2D eigenvalue weighted by atomic mass is 10.2. The van der Waals surface area contributed by atoms with E-state index in [1.54, 1.807) is 31.2 Å². The molecule has 0 aliphatic heterocycles. The SMILES string of the molecule is Cc1cc(C(=O)Nc2cc(Cl)ccc2Cl)nc(NCc2ccccc2)n1. The highest BCUT2D eigenvalue weighted by atomic mass is 35.5. The van der Waals surface area contributed by atoms with Gasteiger partial charge in [-0.3, -0.25) is 4.79 Å². The summed E-state index contributed by atoms with van der Waals surface area (Å²) in [5.74, 6) is -0.00128. The topological polar surface area (TPSA) is 66.9 Å². The van der Waals surface area contributed by atoms with E-state index < -0.39 is 0 Å². The second-order valence-corrected chi connectivity index (χ2v) is 6.48. The number of amides is 1. The molecule has 1 heterocycles. The molecule has 7 heteroatoms. The van der Waals surface area contributed by atoms with Crippen LogP contribution in [0, 0.1) is 6.92 Å². The molecule has 0 aliphatic carbocycles. The van der Waals surface area contributed by atoms with Crippen molar-refractivity contribution in [2.45, 2.75) is 13.5 Å². The second kappa shape index (κ2) is 8.17. The molecule has 0 unspecified atom stereocenters. The fourth-order valence-corrected chi connectivity index (χ4v) is 2.66. The zero-order valence-electron chi connectivity index (χ0n) is 14.0. The van der Waals surface area contributed by atoms with Crippen LogP contribution in [0.4, 0.5) is 11.6 Å². The molecule has 5 nitrogen and oxygen atoms in total. The van der Waals surface area contributed by atoms with Crippen molar-refractivity contribution in [2.75, 3.05) is 10.6 Å². The van der Waals surface area contributed by atoms with Gasteiger partial charge in [0.25, 0.3) is 5.91 Å². The maximum atomic E-state index is 12.5. The van der Waals surface area contributed by atoms with Crippen LogP contribution >= 0.6 is 23.2 Å². The average Bonchev–Trinajstić information content (AvgIpc) is 2.63. The van der Waals surface area contributed by atoms with Crippen LogP contribution < -0.4 is 10.6 Å². The average molecular weight is 387 g/mol. The van der Waals surface area contributed by atoms with Crippen LogP contribution in [-0.4, -0.2) is 15.9 Å². The number of nitrogens with one attached hydrogen (secondary N) is 2. The lowest BCUT2D eigenvalue weighted by molar-refractivity contribution is 0.102. The Hall–Kier alpha value is -2.63. The van der Waals surface area contributed by atoms with Gasteiger partial charge in [0, 0.05) is 17.3 Å². The van der Waals surface area contributed by atoms with Crippen LogP contribution in [0.1, 0.15) is 21.7 Å². The Balaban J connectivity index is 1.76. The molecule has 132 valence electrons. The fourth-order valence-electron chi connectivity index (χ4n) is 2.32. The first kappa shape index (κ1) is 18.2. The van der Waals surface area contributed by atoms with E-state index in [1.165, 1.54) is 0 Å². The number of hydrogen-bond donors (Lipinski definition) is 2. The summed E-state index contributed by atoms with van der Waals surface area (Å²) < 4.78 is 0. The maximum absolute atomic E-state index is 12.5. The van der Waals surface area contributed by atoms with Gasteiger partial charge in [-0.25, -0.2) is 9.97 Å². The zero-order valence-corrected chi connectivity index (χ0v) is 15.5. The van der Waals surface area contributed by atoms with E-state index in [1.807, 2.05) is 30.3 Å². The number of aromatic nitrogens is 2. The Bertz CT molecular complexity index is 932. The molecule has 0 aliphatic rings. The van der Waals surface area contributed by atoms with E-state index in [2.05, 4.69) is 20.6 Å². The van der Waals surface area contributed by atoms with Crippen molar-refractivity contribution >= 4 is 40.7 Å². The first-order valence-electron chi connectivity index (χ1n) is 7.91. The summed E-state index contributed by atoms with van der Waals surface area (Å²) in [6, 6.07) is 16.3. The number of aryl methyl sites for hydroxylation is 1. The molecule has 1 aromatic heterocycles. The summed E-state index contributed by atoms with van der Waals surface area (Å²) in [5, 5.41) is 6.73. The molecule has 26 heavy (non-hydrogen) atoms. The van der Waals surface area contributed by atoms with E-state index >= 15 is 0 Å². The number of carbonyl (C=O) groups is 1. The van der Waals surface area contributed by atoms with Gasteiger partial charge in [0.1, 0.15) is 5.69 Å². The highest BCUT2D eigenvalue weighted by Crippen LogP contribution is 2.25. The van der Waals surface area contributed by atoms with Crippen molar-refractivity contribution in [1.82, 2.24) is 9.97 Å². The van der Waals surface area contributed by atoms with Crippen molar-refractivity contribution in [2.24, 2.45) is 0 Å². The van der Waals surface area contributed by atoms with Crippen molar-refractivity contribution < 1.29 is 4.79 Å². The van der Waals surface area contributed by atoms with Crippen LogP contribution in [0.15, 0.2) is 54.6 Å². The summed E-state index contributed by atoms with van der Waals surface area (Å²) in [7, 11) is 0. The standard InChI is InChI=1S/C19H16Cl2N4O/c1-12-9-17(18(26)24-16-10-14(20)7-8-15(16)21)25-19(23-12)22-11-13-5-3-2-4-6-13/h2-10H,11H2,1H3,(H,24,26)(H,22,23,25). The molecular formula is C19H16Cl2N4O. The van der Waals surface area contributed by atoms with Gasteiger partial charge in [0.2, 0.25) is 5.95 Å². The van der Waals surface area contributed by atoms with Gasteiger partial charge in [-0.1, -0.05) is 53.5 Å². The number of halogens is 2. The predicted molar refractivity (Wildman–Crippen MR) is 105 cm³/mol. The number of anilines is 2.